The summed E-state index contributed by atoms with van der Waals surface area (Å²) in [6.45, 7) is 4.00. The summed E-state index contributed by atoms with van der Waals surface area (Å²) in [4.78, 5) is 11.1. The zero-order valence-electron chi connectivity index (χ0n) is 7.48. The summed E-state index contributed by atoms with van der Waals surface area (Å²) in [7, 11) is 0. The van der Waals surface area contributed by atoms with E-state index in [1.54, 1.807) is 12.4 Å². The van der Waals surface area contributed by atoms with Gasteiger partial charge in [0, 0.05) is 18.3 Å². The van der Waals surface area contributed by atoms with Crippen molar-refractivity contribution in [3.05, 3.63) is 18.3 Å². The van der Waals surface area contributed by atoms with Gasteiger partial charge in [-0.25, -0.2) is 4.98 Å². The molecule has 0 fully saturated rings. The quantitative estimate of drug-likeness (QED) is 0.758. The number of imidazole rings is 1. The Morgan fingerprint density at radius 2 is 2.31 bits per heavy atom. The molecule has 2 heterocycles. The van der Waals surface area contributed by atoms with E-state index in [0.717, 1.165) is 0 Å². The zero-order chi connectivity index (χ0) is 9.26. The molecule has 0 amide bonds. The van der Waals surface area contributed by atoms with E-state index in [1.807, 2.05) is 13.8 Å². The van der Waals surface area contributed by atoms with Crippen LogP contribution in [0.4, 0.5) is 0 Å². The van der Waals surface area contributed by atoms with E-state index in [1.165, 1.54) is 0 Å². The second kappa shape index (κ2) is 3.01. The fraction of sp³-hybridized carbons (Fsp3) is 0.375. The number of aromatic nitrogens is 4. The summed E-state index contributed by atoms with van der Waals surface area (Å²) < 4.78 is 5.03. The molecule has 5 nitrogen and oxygen atoms in total. The average molecular weight is 178 g/mol. The largest absolute Gasteiger partial charge is 0.342 e. The molecule has 0 aliphatic heterocycles. The SMILES string of the molecule is CC(C)c1nc(-c2ncc[nH]2)no1. The molecule has 0 unspecified atom stereocenters. The molecule has 5 heteroatoms. The van der Waals surface area contributed by atoms with E-state index in [9.17, 15) is 0 Å². The van der Waals surface area contributed by atoms with Gasteiger partial charge in [0.25, 0.3) is 0 Å². The van der Waals surface area contributed by atoms with Crippen molar-refractivity contribution in [1.82, 2.24) is 20.1 Å². The molecule has 0 aromatic carbocycles. The summed E-state index contributed by atoms with van der Waals surface area (Å²) in [6.07, 6.45) is 3.38. The first-order chi connectivity index (χ1) is 6.27. The van der Waals surface area contributed by atoms with E-state index in [4.69, 9.17) is 4.52 Å². The molecule has 0 saturated carbocycles. The number of aromatic amines is 1. The third-order valence-electron chi connectivity index (χ3n) is 1.65. The van der Waals surface area contributed by atoms with E-state index >= 15 is 0 Å². The lowest BCUT2D eigenvalue weighted by atomic mass is 10.2. The van der Waals surface area contributed by atoms with Gasteiger partial charge in [0.15, 0.2) is 5.82 Å². The van der Waals surface area contributed by atoms with E-state index < -0.39 is 0 Å². The summed E-state index contributed by atoms with van der Waals surface area (Å²) in [5.41, 5.74) is 0. The molecule has 0 aliphatic carbocycles. The molecular weight excluding hydrogens is 168 g/mol. The first-order valence-corrected chi connectivity index (χ1v) is 4.10. The molecule has 2 aromatic rings. The van der Waals surface area contributed by atoms with Crippen LogP contribution in [0.1, 0.15) is 25.7 Å². The van der Waals surface area contributed by atoms with Gasteiger partial charge in [0.2, 0.25) is 11.7 Å². The van der Waals surface area contributed by atoms with E-state index in [0.29, 0.717) is 17.5 Å². The van der Waals surface area contributed by atoms with Crippen molar-refractivity contribution in [3.63, 3.8) is 0 Å². The van der Waals surface area contributed by atoms with Crippen LogP contribution in [0.25, 0.3) is 11.6 Å². The number of hydrogen-bond acceptors (Lipinski definition) is 4. The lowest BCUT2D eigenvalue weighted by molar-refractivity contribution is 0.365. The van der Waals surface area contributed by atoms with Gasteiger partial charge in [-0.05, 0) is 0 Å². The molecule has 2 rings (SSSR count). The Hall–Kier alpha value is -1.65. The van der Waals surface area contributed by atoms with E-state index in [-0.39, 0.29) is 5.92 Å². The molecule has 68 valence electrons. The lowest BCUT2D eigenvalue weighted by Gasteiger charge is -1.91. The minimum Gasteiger partial charge on any atom is -0.342 e. The average Bonchev–Trinajstić information content (AvgIpc) is 2.75. The number of rotatable bonds is 2. The van der Waals surface area contributed by atoms with Crippen molar-refractivity contribution in [2.45, 2.75) is 19.8 Å². The van der Waals surface area contributed by atoms with Crippen molar-refractivity contribution in [2.24, 2.45) is 0 Å². The molecular formula is C8H10N4O. The zero-order valence-corrected chi connectivity index (χ0v) is 7.48. The fourth-order valence-electron chi connectivity index (χ4n) is 0.953. The normalized spacial score (nSPS) is 11.0. The molecule has 0 spiro atoms. The monoisotopic (exact) mass is 178 g/mol. The first-order valence-electron chi connectivity index (χ1n) is 4.10. The number of nitrogens with zero attached hydrogens (tertiary/aromatic N) is 3. The second-order valence-electron chi connectivity index (χ2n) is 3.05. The summed E-state index contributed by atoms with van der Waals surface area (Å²) in [5.74, 6) is 2.02. The summed E-state index contributed by atoms with van der Waals surface area (Å²) in [5, 5.41) is 3.80. The van der Waals surface area contributed by atoms with Crippen LogP contribution in [-0.2, 0) is 0 Å². The highest BCUT2D eigenvalue weighted by atomic mass is 16.5. The maximum Gasteiger partial charge on any atom is 0.238 e. The third kappa shape index (κ3) is 1.44. The van der Waals surface area contributed by atoms with Gasteiger partial charge in [-0.15, -0.1) is 0 Å². The molecule has 13 heavy (non-hydrogen) atoms. The number of H-pyrrole nitrogens is 1. The first kappa shape index (κ1) is 7.97. The Morgan fingerprint density at radius 1 is 1.46 bits per heavy atom. The standard InChI is InChI=1S/C8H10N4O/c1-5(2)8-11-7(12-13-8)6-9-3-4-10-6/h3-5H,1-2H3,(H,9,10). The number of nitrogens with one attached hydrogen (secondary N) is 1. The smallest absolute Gasteiger partial charge is 0.238 e. The van der Waals surface area contributed by atoms with Crippen molar-refractivity contribution >= 4 is 0 Å². The van der Waals surface area contributed by atoms with Crippen molar-refractivity contribution in [3.8, 4) is 11.6 Å². The minimum absolute atomic E-state index is 0.246. The molecule has 0 bridgehead atoms. The predicted molar refractivity (Wildman–Crippen MR) is 46.0 cm³/mol. The summed E-state index contributed by atoms with van der Waals surface area (Å²) in [6, 6.07) is 0. The topological polar surface area (TPSA) is 67.6 Å². The lowest BCUT2D eigenvalue weighted by Crippen LogP contribution is -1.87. The van der Waals surface area contributed by atoms with Crippen LogP contribution in [0.15, 0.2) is 16.9 Å². The Balaban J connectivity index is 2.33. The van der Waals surface area contributed by atoms with Crippen LogP contribution in [0, 0.1) is 0 Å². The molecule has 0 radical (unpaired) electrons. The third-order valence-corrected chi connectivity index (χ3v) is 1.65. The molecule has 0 saturated heterocycles. The van der Waals surface area contributed by atoms with Crippen LogP contribution in [0.5, 0.6) is 0 Å². The van der Waals surface area contributed by atoms with E-state index in [2.05, 4.69) is 20.1 Å². The van der Waals surface area contributed by atoms with Crippen LogP contribution < -0.4 is 0 Å². The van der Waals surface area contributed by atoms with Crippen LogP contribution in [0.3, 0.4) is 0 Å². The van der Waals surface area contributed by atoms with Gasteiger partial charge in [-0.2, -0.15) is 4.98 Å². The Bertz CT molecular complexity index is 377. The Kier molecular flexibility index (Phi) is 1.84. The predicted octanol–water partition coefficient (Wildman–Crippen LogP) is 1.58. The van der Waals surface area contributed by atoms with Gasteiger partial charge in [0.1, 0.15) is 0 Å². The minimum atomic E-state index is 0.246. The van der Waals surface area contributed by atoms with Crippen LogP contribution >= 0.6 is 0 Å². The van der Waals surface area contributed by atoms with Gasteiger partial charge >= 0.3 is 0 Å². The van der Waals surface area contributed by atoms with Crippen molar-refractivity contribution < 1.29 is 4.52 Å². The van der Waals surface area contributed by atoms with Crippen molar-refractivity contribution in [1.29, 1.82) is 0 Å². The van der Waals surface area contributed by atoms with Gasteiger partial charge in [0.05, 0.1) is 0 Å². The van der Waals surface area contributed by atoms with Gasteiger partial charge in [-0.3, -0.25) is 0 Å². The molecule has 1 N–H and O–H groups in total. The highest BCUT2D eigenvalue weighted by Crippen LogP contribution is 2.15. The fourth-order valence-corrected chi connectivity index (χ4v) is 0.953. The molecule has 2 aromatic heterocycles. The molecule has 0 aliphatic rings. The number of hydrogen-bond donors (Lipinski definition) is 1. The highest BCUT2D eigenvalue weighted by molar-refractivity contribution is 5.40. The second-order valence-corrected chi connectivity index (χ2v) is 3.05. The Labute approximate surface area is 75.2 Å². The Morgan fingerprint density at radius 3 is 2.85 bits per heavy atom. The molecule has 0 atom stereocenters. The maximum absolute atomic E-state index is 5.03. The van der Waals surface area contributed by atoms with Crippen molar-refractivity contribution in [2.75, 3.05) is 0 Å². The van der Waals surface area contributed by atoms with Crippen LogP contribution in [-0.4, -0.2) is 20.1 Å². The van der Waals surface area contributed by atoms with Gasteiger partial charge in [-0.1, -0.05) is 19.0 Å². The summed E-state index contributed by atoms with van der Waals surface area (Å²) >= 11 is 0. The maximum atomic E-state index is 5.03. The van der Waals surface area contributed by atoms with Gasteiger partial charge < -0.3 is 9.51 Å². The van der Waals surface area contributed by atoms with Crippen LogP contribution in [0.2, 0.25) is 0 Å². The highest BCUT2D eigenvalue weighted by Gasteiger charge is 2.12.